The van der Waals surface area contributed by atoms with Crippen molar-refractivity contribution in [1.29, 1.82) is 0 Å². The van der Waals surface area contributed by atoms with Gasteiger partial charge in [0, 0.05) is 31.9 Å². The number of aliphatic imine (C=N–C) groups is 1. The van der Waals surface area contributed by atoms with E-state index < -0.39 is 0 Å². The minimum absolute atomic E-state index is 0. The molecular formula is C23H28IN5O. The van der Waals surface area contributed by atoms with Crippen molar-refractivity contribution in [2.24, 2.45) is 4.99 Å². The summed E-state index contributed by atoms with van der Waals surface area (Å²) < 4.78 is 7.59. The van der Waals surface area contributed by atoms with Gasteiger partial charge in [-0.3, -0.25) is 4.99 Å². The van der Waals surface area contributed by atoms with Gasteiger partial charge in [-0.15, -0.1) is 24.0 Å². The summed E-state index contributed by atoms with van der Waals surface area (Å²) in [5.74, 6) is 1.60. The molecular weight excluding hydrogens is 489 g/mol. The summed E-state index contributed by atoms with van der Waals surface area (Å²) >= 11 is 0. The molecule has 0 aliphatic heterocycles. The van der Waals surface area contributed by atoms with Crippen LogP contribution in [-0.2, 0) is 13.0 Å². The molecule has 0 atom stereocenters. The van der Waals surface area contributed by atoms with E-state index in [0.29, 0.717) is 13.2 Å². The van der Waals surface area contributed by atoms with Crippen LogP contribution in [-0.4, -0.2) is 35.9 Å². The van der Waals surface area contributed by atoms with Gasteiger partial charge in [0.1, 0.15) is 12.4 Å². The van der Waals surface area contributed by atoms with Gasteiger partial charge in [-0.1, -0.05) is 49.1 Å². The lowest BCUT2D eigenvalue weighted by Crippen LogP contribution is -2.37. The van der Waals surface area contributed by atoms with Crippen LogP contribution in [0.2, 0.25) is 0 Å². The standard InChI is InChI=1S/C23H27N5O.HI/c1-3-15-29-22-12-8-7-9-20(22)17-26-23(24-2)25-14-13-19-16-27-28(18-19)21-10-5-4-6-11-21;/h3-12,16,18H,1,13-15,17H2,2H3,(H2,24,25,26);1H. The second-order valence-electron chi connectivity index (χ2n) is 6.44. The van der Waals surface area contributed by atoms with Gasteiger partial charge in [-0.2, -0.15) is 5.10 Å². The SMILES string of the molecule is C=CCOc1ccccc1CNC(=NC)NCCc1cnn(-c2ccccc2)c1.I. The maximum absolute atomic E-state index is 5.70. The highest BCUT2D eigenvalue weighted by atomic mass is 127. The molecule has 1 aromatic heterocycles. The van der Waals surface area contributed by atoms with Gasteiger partial charge in [0.25, 0.3) is 0 Å². The van der Waals surface area contributed by atoms with E-state index in [4.69, 9.17) is 4.74 Å². The normalized spacial score (nSPS) is 10.8. The number of halogens is 1. The number of aromatic nitrogens is 2. The van der Waals surface area contributed by atoms with Crippen molar-refractivity contribution in [3.8, 4) is 11.4 Å². The maximum atomic E-state index is 5.70. The fourth-order valence-corrected chi connectivity index (χ4v) is 2.88. The van der Waals surface area contributed by atoms with Crippen LogP contribution in [0.25, 0.3) is 5.69 Å². The number of ether oxygens (including phenoxy) is 1. The molecule has 0 saturated heterocycles. The number of benzene rings is 2. The molecule has 2 aromatic carbocycles. The molecule has 0 aliphatic rings. The minimum atomic E-state index is 0. The molecule has 0 radical (unpaired) electrons. The summed E-state index contributed by atoms with van der Waals surface area (Å²) in [4.78, 5) is 4.30. The Hall–Kier alpha value is -2.81. The second-order valence-corrected chi connectivity index (χ2v) is 6.44. The summed E-state index contributed by atoms with van der Waals surface area (Å²) in [5.41, 5.74) is 3.29. The molecule has 3 rings (SSSR count). The van der Waals surface area contributed by atoms with Crippen LogP contribution in [0.5, 0.6) is 5.75 Å². The molecule has 0 amide bonds. The Morgan fingerprint density at radius 2 is 1.90 bits per heavy atom. The van der Waals surface area contributed by atoms with E-state index in [-0.39, 0.29) is 24.0 Å². The van der Waals surface area contributed by atoms with Crippen molar-refractivity contribution in [2.45, 2.75) is 13.0 Å². The van der Waals surface area contributed by atoms with Gasteiger partial charge in [0.05, 0.1) is 11.9 Å². The predicted octanol–water partition coefficient (Wildman–Crippen LogP) is 3.96. The first kappa shape index (κ1) is 23.5. The zero-order chi connectivity index (χ0) is 20.3. The lowest BCUT2D eigenvalue weighted by Gasteiger charge is -2.14. The first-order valence-corrected chi connectivity index (χ1v) is 9.65. The van der Waals surface area contributed by atoms with Gasteiger partial charge in [-0.25, -0.2) is 4.68 Å². The fourth-order valence-electron chi connectivity index (χ4n) is 2.88. The van der Waals surface area contributed by atoms with E-state index in [1.165, 1.54) is 5.56 Å². The smallest absolute Gasteiger partial charge is 0.191 e. The molecule has 0 unspecified atom stereocenters. The van der Waals surface area contributed by atoms with Crippen LogP contribution in [0, 0.1) is 0 Å². The zero-order valence-corrected chi connectivity index (χ0v) is 19.5. The fraction of sp³-hybridized carbons (Fsp3) is 0.217. The molecule has 0 aliphatic carbocycles. The van der Waals surface area contributed by atoms with Crippen LogP contribution >= 0.6 is 24.0 Å². The third-order valence-electron chi connectivity index (χ3n) is 4.36. The van der Waals surface area contributed by atoms with Gasteiger partial charge < -0.3 is 15.4 Å². The van der Waals surface area contributed by atoms with Crippen molar-refractivity contribution in [2.75, 3.05) is 20.2 Å². The lowest BCUT2D eigenvalue weighted by atomic mass is 10.2. The molecule has 30 heavy (non-hydrogen) atoms. The number of guanidine groups is 1. The summed E-state index contributed by atoms with van der Waals surface area (Å²) in [6.07, 6.45) is 6.55. The summed E-state index contributed by atoms with van der Waals surface area (Å²) in [6.45, 7) is 5.56. The zero-order valence-electron chi connectivity index (χ0n) is 17.1. The molecule has 158 valence electrons. The van der Waals surface area contributed by atoms with E-state index in [1.807, 2.05) is 65.5 Å². The van der Waals surface area contributed by atoms with E-state index >= 15 is 0 Å². The number of para-hydroxylation sites is 2. The number of nitrogens with zero attached hydrogens (tertiary/aromatic N) is 3. The number of rotatable bonds is 9. The first-order chi connectivity index (χ1) is 14.3. The van der Waals surface area contributed by atoms with Gasteiger partial charge in [0.2, 0.25) is 0 Å². The van der Waals surface area contributed by atoms with Crippen molar-refractivity contribution < 1.29 is 4.74 Å². The van der Waals surface area contributed by atoms with Crippen molar-refractivity contribution in [1.82, 2.24) is 20.4 Å². The summed E-state index contributed by atoms with van der Waals surface area (Å²) in [5, 5.41) is 11.1. The molecule has 2 N–H and O–H groups in total. The average Bonchev–Trinajstić information content (AvgIpc) is 3.25. The Kier molecular flexibility index (Phi) is 9.93. The summed E-state index contributed by atoms with van der Waals surface area (Å²) in [7, 11) is 1.77. The largest absolute Gasteiger partial charge is 0.489 e. The number of hydrogen-bond acceptors (Lipinski definition) is 3. The molecule has 7 heteroatoms. The quantitative estimate of drug-likeness (QED) is 0.195. The third-order valence-corrected chi connectivity index (χ3v) is 4.36. The van der Waals surface area contributed by atoms with Crippen LogP contribution in [0.3, 0.4) is 0 Å². The highest BCUT2D eigenvalue weighted by molar-refractivity contribution is 14.0. The highest BCUT2D eigenvalue weighted by Crippen LogP contribution is 2.17. The third kappa shape index (κ3) is 6.91. The molecule has 0 saturated carbocycles. The lowest BCUT2D eigenvalue weighted by molar-refractivity contribution is 0.358. The van der Waals surface area contributed by atoms with E-state index in [0.717, 1.165) is 35.9 Å². The number of hydrogen-bond donors (Lipinski definition) is 2. The van der Waals surface area contributed by atoms with Crippen LogP contribution in [0.1, 0.15) is 11.1 Å². The van der Waals surface area contributed by atoms with E-state index in [9.17, 15) is 0 Å². The second kappa shape index (κ2) is 12.7. The monoisotopic (exact) mass is 517 g/mol. The van der Waals surface area contributed by atoms with Gasteiger partial charge in [0.15, 0.2) is 5.96 Å². The Morgan fingerprint density at radius 3 is 2.67 bits per heavy atom. The van der Waals surface area contributed by atoms with Crippen LogP contribution in [0.4, 0.5) is 0 Å². The van der Waals surface area contributed by atoms with Crippen molar-refractivity contribution in [3.05, 3.63) is 90.8 Å². The topological polar surface area (TPSA) is 63.5 Å². The Morgan fingerprint density at radius 1 is 1.13 bits per heavy atom. The van der Waals surface area contributed by atoms with Crippen LogP contribution < -0.4 is 15.4 Å². The van der Waals surface area contributed by atoms with Gasteiger partial charge in [-0.05, 0) is 30.2 Å². The maximum Gasteiger partial charge on any atom is 0.191 e. The van der Waals surface area contributed by atoms with E-state index in [1.54, 1.807) is 13.1 Å². The Balaban J connectivity index is 0.00000320. The van der Waals surface area contributed by atoms with Crippen LogP contribution in [0.15, 0.2) is 84.6 Å². The molecule has 1 heterocycles. The predicted molar refractivity (Wildman–Crippen MR) is 133 cm³/mol. The number of nitrogens with one attached hydrogen (secondary N) is 2. The van der Waals surface area contributed by atoms with E-state index in [2.05, 4.69) is 33.5 Å². The molecule has 0 bridgehead atoms. The Bertz CT molecular complexity index is 940. The van der Waals surface area contributed by atoms with Crippen molar-refractivity contribution in [3.63, 3.8) is 0 Å². The van der Waals surface area contributed by atoms with Gasteiger partial charge >= 0.3 is 0 Å². The molecule has 0 fully saturated rings. The molecule has 0 spiro atoms. The van der Waals surface area contributed by atoms with Crippen molar-refractivity contribution >= 4 is 29.9 Å². The summed E-state index contributed by atoms with van der Waals surface area (Å²) in [6, 6.07) is 18.1. The highest BCUT2D eigenvalue weighted by Gasteiger charge is 2.05. The molecule has 6 nitrogen and oxygen atoms in total. The molecule has 3 aromatic rings. The minimum Gasteiger partial charge on any atom is -0.489 e. The first-order valence-electron chi connectivity index (χ1n) is 9.65. The average molecular weight is 517 g/mol. The Labute approximate surface area is 195 Å².